The van der Waals surface area contributed by atoms with Gasteiger partial charge in [-0.15, -0.1) is 0 Å². The highest BCUT2D eigenvalue weighted by Crippen LogP contribution is 2.61. The number of hydroxylamine groups is 2. The van der Waals surface area contributed by atoms with Crippen molar-refractivity contribution in [2.75, 3.05) is 14.2 Å². The lowest BCUT2D eigenvalue weighted by Gasteiger charge is -2.45. The van der Waals surface area contributed by atoms with Crippen molar-refractivity contribution in [3.05, 3.63) is 35.5 Å². The number of hydrogen-bond donors (Lipinski definition) is 0. The molecule has 0 aromatic carbocycles. The van der Waals surface area contributed by atoms with E-state index in [1.807, 2.05) is 0 Å². The van der Waals surface area contributed by atoms with Gasteiger partial charge in [0.25, 0.3) is 5.91 Å². The van der Waals surface area contributed by atoms with Crippen molar-refractivity contribution >= 4 is 22.5 Å². The molecule has 0 bridgehead atoms. The van der Waals surface area contributed by atoms with E-state index in [0.29, 0.717) is 5.92 Å². The number of halogens is 1. The van der Waals surface area contributed by atoms with Crippen molar-refractivity contribution < 1.29 is 22.9 Å². The van der Waals surface area contributed by atoms with Gasteiger partial charge >= 0.3 is 0 Å². The van der Waals surface area contributed by atoms with Crippen molar-refractivity contribution in [2.24, 2.45) is 17.3 Å². The highest BCUT2D eigenvalue weighted by atomic mass is 28.4. The Morgan fingerprint density at radius 3 is 1.96 bits per heavy atom. The Bertz CT molecular complexity index is 1110. The first-order valence-corrected chi connectivity index (χ1v) is 23.2. The van der Waals surface area contributed by atoms with E-state index in [0.717, 1.165) is 56.4 Å². The van der Waals surface area contributed by atoms with E-state index in [2.05, 4.69) is 86.8 Å². The smallest absolute Gasteiger partial charge is 0.269 e. The molecule has 0 N–H and O–H groups in total. The van der Waals surface area contributed by atoms with E-state index in [-0.39, 0.29) is 39.5 Å². The number of likely N-dealkylation sites (N-methyl/N-ethyl adjacent to an activating group) is 1. The first-order chi connectivity index (χ1) is 20.4. The van der Waals surface area contributed by atoms with E-state index in [9.17, 15) is 4.79 Å². The van der Waals surface area contributed by atoms with Gasteiger partial charge in [-0.3, -0.25) is 9.63 Å². The second kappa shape index (κ2) is 13.8. The number of alkyl halides is 1. The van der Waals surface area contributed by atoms with Gasteiger partial charge in [0, 0.05) is 19.0 Å². The Hall–Kier alpha value is -1.07. The van der Waals surface area contributed by atoms with Gasteiger partial charge in [0.2, 0.25) is 0 Å². The van der Waals surface area contributed by atoms with Crippen molar-refractivity contribution in [1.82, 2.24) is 5.06 Å². The molecule has 0 heterocycles. The van der Waals surface area contributed by atoms with Gasteiger partial charge in [0.15, 0.2) is 16.6 Å². The van der Waals surface area contributed by atoms with Crippen molar-refractivity contribution in [3.8, 4) is 0 Å². The molecule has 0 saturated heterocycles. The second-order valence-electron chi connectivity index (χ2n) is 17.8. The molecule has 0 unspecified atom stereocenters. The van der Waals surface area contributed by atoms with Gasteiger partial charge < -0.3 is 8.85 Å². The zero-order valence-corrected chi connectivity index (χ0v) is 33.2. The fraction of sp³-hybridized carbons (Fsp3) is 0.811. The van der Waals surface area contributed by atoms with Crippen LogP contribution < -0.4 is 0 Å². The Balaban J connectivity index is 1.87. The largest absolute Gasteiger partial charge is 0.414 e. The summed E-state index contributed by atoms with van der Waals surface area (Å²) < 4.78 is 30.4. The van der Waals surface area contributed by atoms with E-state index in [4.69, 9.17) is 13.7 Å². The number of carbonyl (C=O) groups excluding carboxylic acids is 1. The maximum absolute atomic E-state index is 16.3. The fourth-order valence-corrected chi connectivity index (χ4v) is 10.3. The SMILES string of the molecule is CON(C)C(=O)/C=C/[C@@](C)(F)[C@H]1CC[C@H]2/C(=C/C=C3C[C@@H](O[Si](C)(C)C(C)(C)C)C[C@H](O[Si](C)(C)C(C)(C)C)C3)CCC[C@@]21C. The molecule has 0 spiro atoms. The maximum atomic E-state index is 16.3. The summed E-state index contributed by atoms with van der Waals surface area (Å²) in [6, 6.07) is 0. The van der Waals surface area contributed by atoms with Crippen LogP contribution >= 0.6 is 0 Å². The zero-order chi connectivity index (χ0) is 34.2. The molecule has 0 aromatic heterocycles. The van der Waals surface area contributed by atoms with E-state index in [1.165, 1.54) is 37.5 Å². The number of hydrogen-bond acceptors (Lipinski definition) is 4. The third-order valence-corrected chi connectivity index (χ3v) is 21.4. The number of amides is 1. The second-order valence-corrected chi connectivity index (χ2v) is 27.3. The molecule has 0 aliphatic heterocycles. The molecule has 3 saturated carbocycles. The van der Waals surface area contributed by atoms with E-state index >= 15 is 4.39 Å². The van der Waals surface area contributed by atoms with Crippen molar-refractivity contribution in [2.45, 2.75) is 161 Å². The van der Waals surface area contributed by atoms with Crippen LogP contribution in [0.1, 0.15) is 107 Å². The summed E-state index contributed by atoms with van der Waals surface area (Å²) in [6.07, 6.45) is 15.7. The van der Waals surface area contributed by atoms with Crippen LogP contribution in [0.5, 0.6) is 0 Å². The average molecular weight is 664 g/mol. The maximum Gasteiger partial charge on any atom is 0.269 e. The highest BCUT2D eigenvalue weighted by molar-refractivity contribution is 6.74. The van der Waals surface area contributed by atoms with Crippen LogP contribution in [-0.4, -0.2) is 59.6 Å². The summed E-state index contributed by atoms with van der Waals surface area (Å²) in [7, 11) is -0.899. The third-order valence-electron chi connectivity index (χ3n) is 12.4. The molecule has 5 nitrogen and oxygen atoms in total. The molecule has 3 aliphatic carbocycles. The normalized spacial score (nSPS) is 30.8. The summed E-state index contributed by atoms with van der Waals surface area (Å²) in [5, 5.41) is 1.44. The minimum Gasteiger partial charge on any atom is -0.414 e. The van der Waals surface area contributed by atoms with Crippen LogP contribution in [0.25, 0.3) is 0 Å². The Morgan fingerprint density at radius 1 is 0.933 bits per heavy atom. The quantitative estimate of drug-likeness (QED) is 0.140. The zero-order valence-electron chi connectivity index (χ0n) is 31.2. The molecule has 6 atom stereocenters. The molecule has 3 rings (SSSR count). The lowest BCUT2D eigenvalue weighted by molar-refractivity contribution is -0.162. The van der Waals surface area contributed by atoms with Gasteiger partial charge in [-0.05, 0) is 112 Å². The van der Waals surface area contributed by atoms with Crippen LogP contribution in [0.4, 0.5) is 4.39 Å². The first-order valence-electron chi connectivity index (χ1n) is 17.4. The standard InChI is InChI=1S/C37H66FNO4Si2/c1-34(2,3)44(11,12)42-29-24-27(25-30(26-29)43-45(13,14)35(4,5)6)17-18-28-16-15-22-36(7)31(28)19-20-32(36)37(8,38)23-21-33(40)39(9)41-10/h17-18,21,23,29-32H,15-16,19-20,22,24-26H2,1-14H3/b23-21+,28-18+/t29-,30-,31+,32+,36+,37-/m1/s1. The predicted molar refractivity (Wildman–Crippen MR) is 191 cm³/mol. The van der Waals surface area contributed by atoms with Gasteiger partial charge in [-0.2, -0.15) is 0 Å². The molecule has 0 aromatic rings. The number of fused-ring (bicyclic) bond motifs is 1. The minimum atomic E-state index is -1.94. The number of nitrogens with zero attached hydrogens (tertiary/aromatic N) is 1. The summed E-state index contributed by atoms with van der Waals surface area (Å²) >= 11 is 0. The molecule has 3 aliphatic rings. The Labute approximate surface area is 277 Å². The lowest BCUT2D eigenvalue weighted by atomic mass is 9.60. The summed E-state index contributed by atoms with van der Waals surface area (Å²) in [6.45, 7) is 27.3. The van der Waals surface area contributed by atoms with Crippen LogP contribution in [0, 0.1) is 17.3 Å². The van der Waals surface area contributed by atoms with Gasteiger partial charge in [0.05, 0.1) is 19.3 Å². The third kappa shape index (κ3) is 8.89. The first kappa shape index (κ1) is 38.4. The average Bonchev–Trinajstić information content (AvgIpc) is 3.26. The summed E-state index contributed by atoms with van der Waals surface area (Å²) in [4.78, 5) is 17.3. The molecule has 8 heteroatoms. The van der Waals surface area contributed by atoms with E-state index < -0.39 is 22.3 Å². The summed E-state index contributed by atoms with van der Waals surface area (Å²) in [5.74, 6) is -0.130. The van der Waals surface area contributed by atoms with E-state index in [1.54, 1.807) is 6.92 Å². The van der Waals surface area contributed by atoms with Crippen LogP contribution in [0.15, 0.2) is 35.5 Å². The van der Waals surface area contributed by atoms with Crippen molar-refractivity contribution in [3.63, 3.8) is 0 Å². The molecule has 3 fully saturated rings. The van der Waals surface area contributed by atoms with Crippen LogP contribution in [-0.2, 0) is 18.5 Å². The Kier molecular flexibility index (Phi) is 11.8. The lowest BCUT2D eigenvalue weighted by Crippen LogP contribution is -2.48. The molecular weight excluding hydrogens is 598 g/mol. The molecular formula is C37H66FNO4Si2. The number of rotatable bonds is 9. The number of allylic oxidation sites excluding steroid dienone is 4. The molecule has 0 radical (unpaired) electrons. The molecule has 258 valence electrons. The highest BCUT2D eigenvalue weighted by Gasteiger charge is 2.55. The van der Waals surface area contributed by atoms with Crippen LogP contribution in [0.3, 0.4) is 0 Å². The molecule has 45 heavy (non-hydrogen) atoms. The minimum absolute atomic E-state index is 0.136. The van der Waals surface area contributed by atoms with Crippen LogP contribution in [0.2, 0.25) is 36.3 Å². The van der Waals surface area contributed by atoms with Gasteiger partial charge in [0.1, 0.15) is 5.67 Å². The topological polar surface area (TPSA) is 48.0 Å². The monoisotopic (exact) mass is 663 g/mol. The Morgan fingerprint density at radius 2 is 1.47 bits per heavy atom. The van der Waals surface area contributed by atoms with Gasteiger partial charge in [-0.1, -0.05) is 71.8 Å². The summed E-state index contributed by atoms with van der Waals surface area (Å²) in [5.41, 5.74) is 1.17. The predicted octanol–water partition coefficient (Wildman–Crippen LogP) is 10.3. The van der Waals surface area contributed by atoms with Gasteiger partial charge in [-0.25, -0.2) is 9.45 Å². The molecule has 1 amide bonds. The fourth-order valence-electron chi connectivity index (χ4n) is 7.57. The number of carbonyl (C=O) groups is 1. The van der Waals surface area contributed by atoms with Crippen molar-refractivity contribution in [1.29, 1.82) is 0 Å².